The number of hydrogen-bond acceptors (Lipinski definition) is 3. The summed E-state index contributed by atoms with van der Waals surface area (Å²) in [5, 5.41) is 6.08. The van der Waals surface area contributed by atoms with Crippen LogP contribution in [0, 0.1) is 6.92 Å². The average Bonchev–Trinajstić information content (AvgIpc) is 2.57. The van der Waals surface area contributed by atoms with Crippen LogP contribution in [-0.4, -0.2) is 10.9 Å². The van der Waals surface area contributed by atoms with E-state index in [2.05, 4.69) is 31.5 Å². The van der Waals surface area contributed by atoms with Crippen molar-refractivity contribution >= 4 is 39.0 Å². The van der Waals surface area contributed by atoms with Gasteiger partial charge in [0.05, 0.1) is 11.3 Å². The van der Waals surface area contributed by atoms with Crippen molar-refractivity contribution in [3.63, 3.8) is 0 Å². The number of pyridine rings is 1. The van der Waals surface area contributed by atoms with Gasteiger partial charge in [0.1, 0.15) is 5.82 Å². The molecule has 2 aromatic carbocycles. The van der Waals surface area contributed by atoms with E-state index in [1.165, 1.54) is 5.56 Å². The molecule has 0 aliphatic carbocycles. The van der Waals surface area contributed by atoms with Gasteiger partial charge in [0, 0.05) is 16.4 Å². The smallest absolute Gasteiger partial charge is 0.257 e. The largest absolute Gasteiger partial charge is 0.340 e. The van der Waals surface area contributed by atoms with Gasteiger partial charge in [-0.15, -0.1) is 0 Å². The number of nitrogens with zero attached hydrogens (tertiary/aromatic N) is 1. The summed E-state index contributed by atoms with van der Waals surface area (Å²) in [6.07, 6.45) is 1.56. The number of hydrogen-bond donors (Lipinski definition) is 2. The number of aryl methyl sites for hydroxylation is 1. The van der Waals surface area contributed by atoms with Crippen molar-refractivity contribution in [2.45, 2.75) is 6.92 Å². The fraction of sp³-hybridized carbons (Fsp3) is 0.0526. The van der Waals surface area contributed by atoms with Crippen LogP contribution in [0.2, 0.25) is 0 Å². The number of anilines is 3. The molecule has 0 aliphatic rings. The molecule has 120 valence electrons. The lowest BCUT2D eigenvalue weighted by molar-refractivity contribution is 0.102. The van der Waals surface area contributed by atoms with Crippen LogP contribution in [0.1, 0.15) is 15.9 Å². The number of carbonyl (C=O) groups is 1. The van der Waals surface area contributed by atoms with E-state index in [0.29, 0.717) is 11.4 Å². The molecule has 2 N–H and O–H groups in total. The Morgan fingerprint density at radius 2 is 1.88 bits per heavy atom. The Kier molecular flexibility index (Phi) is 4.91. The molecule has 0 saturated carbocycles. The molecule has 0 atom stereocenters. The number of rotatable bonds is 4. The highest BCUT2D eigenvalue weighted by molar-refractivity contribution is 9.10. The number of benzene rings is 2. The molecule has 1 aromatic heterocycles. The molecule has 0 bridgehead atoms. The predicted molar refractivity (Wildman–Crippen MR) is 101 cm³/mol. The van der Waals surface area contributed by atoms with Gasteiger partial charge in [-0.25, -0.2) is 4.98 Å². The standard InChI is InChI=1S/C19H16BrN3O/c1-13-5-4-6-15(11-13)22-18-10-9-14(12-21-18)19(24)23-17-8-3-2-7-16(17)20/h2-12H,1H3,(H,21,22)(H,23,24). The first-order chi connectivity index (χ1) is 11.6. The van der Waals surface area contributed by atoms with Crippen molar-refractivity contribution in [3.05, 3.63) is 82.5 Å². The summed E-state index contributed by atoms with van der Waals surface area (Å²) in [6, 6.07) is 19.0. The van der Waals surface area contributed by atoms with Crippen LogP contribution in [0.15, 0.2) is 71.3 Å². The minimum atomic E-state index is -0.198. The van der Waals surface area contributed by atoms with E-state index in [0.717, 1.165) is 15.8 Å². The summed E-state index contributed by atoms with van der Waals surface area (Å²) >= 11 is 3.41. The van der Waals surface area contributed by atoms with Gasteiger partial charge in [0.2, 0.25) is 0 Å². The molecule has 3 aromatic rings. The molecule has 3 rings (SSSR count). The lowest BCUT2D eigenvalue weighted by Crippen LogP contribution is -2.12. The Hall–Kier alpha value is -2.66. The quantitative estimate of drug-likeness (QED) is 0.656. The minimum Gasteiger partial charge on any atom is -0.340 e. The fourth-order valence-corrected chi connectivity index (χ4v) is 2.61. The Morgan fingerprint density at radius 3 is 2.58 bits per heavy atom. The third-order valence-electron chi connectivity index (χ3n) is 3.44. The second kappa shape index (κ2) is 7.27. The van der Waals surface area contributed by atoms with Crippen LogP contribution >= 0.6 is 15.9 Å². The van der Waals surface area contributed by atoms with Crippen molar-refractivity contribution in [2.24, 2.45) is 0 Å². The normalized spacial score (nSPS) is 10.2. The highest BCUT2D eigenvalue weighted by Gasteiger charge is 2.08. The summed E-state index contributed by atoms with van der Waals surface area (Å²) in [4.78, 5) is 16.6. The van der Waals surface area contributed by atoms with Crippen molar-refractivity contribution in [2.75, 3.05) is 10.6 Å². The van der Waals surface area contributed by atoms with Crippen molar-refractivity contribution in [1.82, 2.24) is 4.98 Å². The lowest BCUT2D eigenvalue weighted by Gasteiger charge is -2.09. The molecule has 0 saturated heterocycles. The van der Waals surface area contributed by atoms with E-state index in [9.17, 15) is 4.79 Å². The van der Waals surface area contributed by atoms with Crippen LogP contribution in [0.5, 0.6) is 0 Å². The molecule has 0 radical (unpaired) electrons. The Labute approximate surface area is 149 Å². The Morgan fingerprint density at radius 1 is 1.04 bits per heavy atom. The summed E-state index contributed by atoms with van der Waals surface area (Å²) in [7, 11) is 0. The Bertz CT molecular complexity index is 862. The van der Waals surface area contributed by atoms with Crippen LogP contribution in [0.25, 0.3) is 0 Å². The molecule has 0 fully saturated rings. The van der Waals surface area contributed by atoms with Crippen LogP contribution < -0.4 is 10.6 Å². The molecular formula is C19H16BrN3O. The topological polar surface area (TPSA) is 54.0 Å². The zero-order valence-electron chi connectivity index (χ0n) is 13.1. The van der Waals surface area contributed by atoms with Gasteiger partial charge in [-0.05, 0) is 64.8 Å². The van der Waals surface area contributed by atoms with E-state index in [1.54, 1.807) is 18.3 Å². The second-order valence-electron chi connectivity index (χ2n) is 5.36. The van der Waals surface area contributed by atoms with Gasteiger partial charge in [0.15, 0.2) is 0 Å². The summed E-state index contributed by atoms with van der Waals surface area (Å²) in [5.41, 5.74) is 3.36. The number of para-hydroxylation sites is 1. The first kappa shape index (κ1) is 16.2. The first-order valence-electron chi connectivity index (χ1n) is 7.47. The molecule has 1 amide bonds. The first-order valence-corrected chi connectivity index (χ1v) is 8.27. The van der Waals surface area contributed by atoms with Gasteiger partial charge >= 0.3 is 0 Å². The summed E-state index contributed by atoms with van der Waals surface area (Å²) in [5.74, 6) is 0.495. The highest BCUT2D eigenvalue weighted by atomic mass is 79.9. The minimum absolute atomic E-state index is 0.198. The molecule has 1 heterocycles. The maximum atomic E-state index is 12.3. The molecule has 24 heavy (non-hydrogen) atoms. The van der Waals surface area contributed by atoms with E-state index in [1.807, 2.05) is 55.5 Å². The number of aromatic nitrogens is 1. The Balaban J connectivity index is 1.70. The number of amides is 1. The fourth-order valence-electron chi connectivity index (χ4n) is 2.23. The average molecular weight is 382 g/mol. The van der Waals surface area contributed by atoms with Crippen LogP contribution in [0.4, 0.5) is 17.2 Å². The van der Waals surface area contributed by atoms with Crippen LogP contribution in [-0.2, 0) is 0 Å². The number of carbonyl (C=O) groups excluding carboxylic acids is 1. The van der Waals surface area contributed by atoms with Crippen LogP contribution in [0.3, 0.4) is 0 Å². The molecule has 0 aliphatic heterocycles. The van der Waals surface area contributed by atoms with E-state index in [-0.39, 0.29) is 5.91 Å². The maximum absolute atomic E-state index is 12.3. The van der Waals surface area contributed by atoms with E-state index >= 15 is 0 Å². The van der Waals surface area contributed by atoms with Gasteiger partial charge < -0.3 is 10.6 Å². The van der Waals surface area contributed by atoms with Crippen molar-refractivity contribution in [3.8, 4) is 0 Å². The van der Waals surface area contributed by atoms with Crippen molar-refractivity contribution in [1.29, 1.82) is 0 Å². The highest BCUT2D eigenvalue weighted by Crippen LogP contribution is 2.22. The summed E-state index contributed by atoms with van der Waals surface area (Å²) < 4.78 is 0.837. The monoisotopic (exact) mass is 381 g/mol. The third kappa shape index (κ3) is 4.00. The number of halogens is 1. The third-order valence-corrected chi connectivity index (χ3v) is 4.13. The SMILES string of the molecule is Cc1cccc(Nc2ccc(C(=O)Nc3ccccc3Br)cn2)c1. The molecule has 0 unspecified atom stereocenters. The molecule has 5 heteroatoms. The van der Waals surface area contributed by atoms with Gasteiger partial charge in [-0.3, -0.25) is 4.79 Å². The molecule has 4 nitrogen and oxygen atoms in total. The molecular weight excluding hydrogens is 366 g/mol. The van der Waals surface area contributed by atoms with E-state index < -0.39 is 0 Å². The van der Waals surface area contributed by atoms with E-state index in [4.69, 9.17) is 0 Å². The lowest BCUT2D eigenvalue weighted by atomic mass is 10.2. The second-order valence-corrected chi connectivity index (χ2v) is 6.21. The van der Waals surface area contributed by atoms with Gasteiger partial charge in [-0.2, -0.15) is 0 Å². The van der Waals surface area contributed by atoms with Gasteiger partial charge in [0.25, 0.3) is 5.91 Å². The van der Waals surface area contributed by atoms with Crippen molar-refractivity contribution < 1.29 is 4.79 Å². The van der Waals surface area contributed by atoms with Gasteiger partial charge in [-0.1, -0.05) is 24.3 Å². The predicted octanol–water partition coefficient (Wildman–Crippen LogP) is 5.15. The molecule has 0 spiro atoms. The zero-order chi connectivity index (χ0) is 16.9. The maximum Gasteiger partial charge on any atom is 0.257 e. The zero-order valence-corrected chi connectivity index (χ0v) is 14.7. The number of nitrogens with one attached hydrogen (secondary N) is 2. The summed E-state index contributed by atoms with van der Waals surface area (Å²) in [6.45, 7) is 2.04.